The van der Waals surface area contributed by atoms with E-state index in [4.69, 9.17) is 5.73 Å². The van der Waals surface area contributed by atoms with Gasteiger partial charge in [0, 0.05) is 30.9 Å². The Morgan fingerprint density at radius 2 is 1.57 bits per heavy atom. The zero-order chi connectivity index (χ0) is 32.9. The third-order valence-electron chi connectivity index (χ3n) is 7.78. The molecule has 0 aromatic heterocycles. The fraction of sp³-hybridized carbons (Fsp3) is 0.297. The zero-order valence-corrected chi connectivity index (χ0v) is 26.0. The van der Waals surface area contributed by atoms with Crippen LogP contribution in [0.2, 0.25) is 0 Å². The van der Waals surface area contributed by atoms with Crippen molar-refractivity contribution in [2.24, 2.45) is 0 Å². The second kappa shape index (κ2) is 16.6. The molecular formula is C37H40F3N4O2-. The topological polar surface area (TPSA) is 85.2 Å². The molecule has 4 aromatic carbocycles. The van der Waals surface area contributed by atoms with E-state index in [1.807, 2.05) is 42.5 Å². The van der Waals surface area contributed by atoms with E-state index in [9.17, 15) is 22.8 Å². The van der Waals surface area contributed by atoms with Crippen molar-refractivity contribution >= 4 is 17.6 Å². The summed E-state index contributed by atoms with van der Waals surface area (Å²) in [5, 5.41) is 5.87. The van der Waals surface area contributed by atoms with Gasteiger partial charge in [-0.3, -0.25) is 4.79 Å². The first-order valence-electron chi connectivity index (χ1n) is 15.6. The normalized spacial score (nSPS) is 12.4. The fourth-order valence-electron chi connectivity index (χ4n) is 5.21. The number of nitrogens with one attached hydrogen (secondary N) is 3. The lowest BCUT2D eigenvalue weighted by Gasteiger charge is -2.29. The third kappa shape index (κ3) is 9.68. The lowest BCUT2D eigenvalue weighted by molar-refractivity contribution is -0.137. The molecule has 1 aliphatic rings. The first-order valence-corrected chi connectivity index (χ1v) is 15.6. The lowest BCUT2D eigenvalue weighted by Crippen LogP contribution is -2.42. The van der Waals surface area contributed by atoms with Crippen LogP contribution in [0.3, 0.4) is 0 Å². The summed E-state index contributed by atoms with van der Waals surface area (Å²) in [4.78, 5) is 27.6. The molecule has 0 spiro atoms. The minimum Gasteiger partial charge on any atom is -0.677 e. The first-order chi connectivity index (χ1) is 22.2. The summed E-state index contributed by atoms with van der Waals surface area (Å²) >= 11 is 0. The summed E-state index contributed by atoms with van der Waals surface area (Å²) in [6, 6.07) is 26.8. The van der Waals surface area contributed by atoms with Gasteiger partial charge in [-0.2, -0.15) is 19.7 Å². The maximum atomic E-state index is 13.2. The Morgan fingerprint density at radius 3 is 2.26 bits per heavy atom. The van der Waals surface area contributed by atoms with Crippen LogP contribution in [-0.4, -0.2) is 29.9 Å². The average Bonchev–Trinajstić information content (AvgIpc) is 3.07. The number of hydrogen-bond donors (Lipinski definition) is 2. The summed E-state index contributed by atoms with van der Waals surface area (Å²) in [5.74, 6) is -0.358. The molecule has 5 rings (SSSR count). The molecule has 9 heteroatoms. The van der Waals surface area contributed by atoms with Crippen LogP contribution in [0, 0.1) is 0 Å². The van der Waals surface area contributed by atoms with Crippen molar-refractivity contribution in [3.05, 3.63) is 131 Å². The lowest BCUT2D eigenvalue weighted by atomic mass is 9.97. The second-order valence-electron chi connectivity index (χ2n) is 11.2. The van der Waals surface area contributed by atoms with Crippen LogP contribution in [-0.2, 0) is 25.7 Å². The molecule has 3 amide bonds. The van der Waals surface area contributed by atoms with Gasteiger partial charge in [0.15, 0.2) is 0 Å². The Kier molecular flexibility index (Phi) is 12.4. The number of amides is 3. The van der Waals surface area contributed by atoms with Gasteiger partial charge in [0.25, 0.3) is 5.91 Å². The number of unbranched alkanes of at least 4 members (excludes halogenated alkanes) is 3. The van der Waals surface area contributed by atoms with Gasteiger partial charge < -0.3 is 21.3 Å². The third-order valence-corrected chi connectivity index (χ3v) is 7.78. The van der Waals surface area contributed by atoms with Gasteiger partial charge in [-0.25, -0.2) is 4.79 Å². The largest absolute Gasteiger partial charge is 0.677 e. The number of benzene rings is 4. The number of anilines is 1. The van der Waals surface area contributed by atoms with Crippen LogP contribution in [0.1, 0.15) is 65.2 Å². The quantitative estimate of drug-likeness (QED) is 0.181. The first kappa shape index (κ1) is 34.2. The van der Waals surface area contributed by atoms with E-state index < -0.39 is 11.7 Å². The fourth-order valence-corrected chi connectivity index (χ4v) is 5.21. The van der Waals surface area contributed by atoms with Crippen molar-refractivity contribution in [2.75, 3.05) is 18.4 Å². The Labute approximate surface area is 268 Å². The minimum absolute atomic E-state index is 0.123. The van der Waals surface area contributed by atoms with Gasteiger partial charge in [-0.1, -0.05) is 99.3 Å². The highest BCUT2D eigenvalue weighted by molar-refractivity contribution is 6.08. The molecule has 242 valence electrons. The van der Waals surface area contributed by atoms with Crippen LogP contribution < -0.4 is 10.6 Å². The Bertz CT molecular complexity index is 1570. The summed E-state index contributed by atoms with van der Waals surface area (Å²) in [5.41, 5.74) is 11.2. The van der Waals surface area contributed by atoms with Gasteiger partial charge in [0.05, 0.1) is 5.56 Å². The Hall–Kier alpha value is -4.63. The van der Waals surface area contributed by atoms with Gasteiger partial charge in [-0.15, -0.1) is 0 Å². The molecule has 1 heterocycles. The predicted octanol–water partition coefficient (Wildman–Crippen LogP) is 9.51. The molecule has 0 bridgehead atoms. The van der Waals surface area contributed by atoms with Crippen molar-refractivity contribution in [3.63, 3.8) is 0 Å². The van der Waals surface area contributed by atoms with Crippen LogP contribution >= 0.6 is 0 Å². The highest BCUT2D eigenvalue weighted by Crippen LogP contribution is 2.32. The molecule has 0 unspecified atom stereocenters. The number of nitrogens with zero attached hydrogens (tertiary/aromatic N) is 1. The second-order valence-corrected chi connectivity index (χ2v) is 11.2. The molecule has 0 aliphatic carbocycles. The van der Waals surface area contributed by atoms with Crippen LogP contribution in [0.4, 0.5) is 23.7 Å². The number of halogens is 3. The summed E-state index contributed by atoms with van der Waals surface area (Å²) in [6.45, 7) is 4.29. The summed E-state index contributed by atoms with van der Waals surface area (Å²) < 4.78 is 38.9. The number of carbonyl (C=O) groups excluding carboxylic acids is 2. The average molecular weight is 630 g/mol. The van der Waals surface area contributed by atoms with Crippen molar-refractivity contribution in [3.8, 4) is 11.1 Å². The van der Waals surface area contributed by atoms with E-state index in [0.29, 0.717) is 55.0 Å². The van der Waals surface area contributed by atoms with Crippen molar-refractivity contribution in [1.29, 1.82) is 0 Å². The summed E-state index contributed by atoms with van der Waals surface area (Å²) in [7, 11) is 0. The van der Waals surface area contributed by atoms with E-state index in [1.165, 1.54) is 31.4 Å². The monoisotopic (exact) mass is 629 g/mol. The molecule has 0 saturated heterocycles. The predicted molar refractivity (Wildman–Crippen MR) is 177 cm³/mol. The van der Waals surface area contributed by atoms with E-state index >= 15 is 0 Å². The molecule has 46 heavy (non-hydrogen) atoms. The Morgan fingerprint density at radius 1 is 0.848 bits per heavy atom. The van der Waals surface area contributed by atoms with Gasteiger partial charge in [-0.05, 0) is 64.6 Å². The molecule has 0 saturated carbocycles. The molecule has 0 radical (unpaired) electrons. The highest BCUT2D eigenvalue weighted by Gasteiger charge is 2.30. The summed E-state index contributed by atoms with van der Waals surface area (Å²) in [6.07, 6.45) is 1.15. The van der Waals surface area contributed by atoms with Crippen LogP contribution in [0.25, 0.3) is 16.9 Å². The number of fused-ring (bicyclic) bond motifs is 1. The standard InChI is InChI=1S/C31H26F3N3O2.C6H14N/c32-31(33,34)25-13-10-22(11-14-25)27-8-4-5-9-28(27)29(38)36-26-15-12-24-20-37(17-16-23(24)18-26)30(39)35-19-21-6-2-1-3-7-21;1-2-3-4-5-6-7/h1-15,18H,16-17,19-20H2,(H,35,39)(H,36,38);7H,2-6H2,1H3/q;-1. The van der Waals surface area contributed by atoms with Crippen molar-refractivity contribution < 1.29 is 22.8 Å². The minimum atomic E-state index is -4.43. The molecule has 0 atom stereocenters. The molecule has 3 N–H and O–H groups in total. The molecule has 0 fully saturated rings. The van der Waals surface area contributed by atoms with Crippen molar-refractivity contribution in [1.82, 2.24) is 10.2 Å². The number of hydrogen-bond acceptors (Lipinski definition) is 2. The highest BCUT2D eigenvalue weighted by atomic mass is 19.4. The van der Waals surface area contributed by atoms with E-state index in [0.717, 1.165) is 35.2 Å². The van der Waals surface area contributed by atoms with Gasteiger partial charge in [0.2, 0.25) is 0 Å². The smallest absolute Gasteiger partial charge is 0.416 e. The van der Waals surface area contributed by atoms with Gasteiger partial charge in [0.1, 0.15) is 0 Å². The van der Waals surface area contributed by atoms with Gasteiger partial charge >= 0.3 is 12.2 Å². The SMILES string of the molecule is CCCCCC[NH-].O=C(Nc1ccc2c(c1)CCN(C(=O)NCc1ccccc1)C2)c1ccccc1-c1ccc(C(F)(F)F)cc1. The van der Waals surface area contributed by atoms with E-state index in [1.54, 1.807) is 35.2 Å². The number of alkyl halides is 3. The molecular weight excluding hydrogens is 589 g/mol. The number of urea groups is 1. The molecule has 4 aromatic rings. The maximum Gasteiger partial charge on any atom is 0.416 e. The number of carbonyl (C=O) groups is 2. The van der Waals surface area contributed by atoms with E-state index in [2.05, 4.69) is 17.6 Å². The molecule has 1 aliphatic heterocycles. The molecule has 6 nitrogen and oxygen atoms in total. The zero-order valence-electron chi connectivity index (χ0n) is 26.0. The Balaban J connectivity index is 0.000000617. The van der Waals surface area contributed by atoms with E-state index in [-0.39, 0.29) is 11.9 Å². The van der Waals surface area contributed by atoms with Crippen LogP contribution in [0.15, 0.2) is 97.1 Å². The van der Waals surface area contributed by atoms with Crippen molar-refractivity contribution in [2.45, 2.75) is 58.3 Å². The maximum absolute atomic E-state index is 13.2. The van der Waals surface area contributed by atoms with Crippen LogP contribution in [0.5, 0.6) is 0 Å². The number of rotatable bonds is 9.